The maximum absolute atomic E-state index is 12.2. The minimum absolute atomic E-state index is 0.00538. The van der Waals surface area contributed by atoms with Crippen molar-refractivity contribution in [3.8, 4) is 139 Å². The maximum Gasteiger partial charge on any atom is 0.258 e. The predicted octanol–water partition coefficient (Wildman–Crippen LogP) is 19.6. The van der Waals surface area contributed by atoms with Crippen molar-refractivity contribution >= 4 is 17.6 Å². The van der Waals surface area contributed by atoms with E-state index in [4.69, 9.17) is 41.8 Å². The highest BCUT2D eigenvalue weighted by Gasteiger charge is 2.32. The summed E-state index contributed by atoms with van der Waals surface area (Å²) in [6, 6.07) is 54.7. The van der Waals surface area contributed by atoms with Crippen LogP contribution in [0.2, 0.25) is 0 Å². The van der Waals surface area contributed by atoms with Gasteiger partial charge < -0.3 is 63.0 Å². The van der Waals surface area contributed by atoms with E-state index in [-0.39, 0.29) is 66.7 Å². The summed E-state index contributed by atoms with van der Waals surface area (Å²) in [6.45, 7) is 22.5. The summed E-state index contributed by atoms with van der Waals surface area (Å²) in [5.41, 5.74) is 17.6. The highest BCUT2D eigenvalue weighted by atomic mass is 16.5. The first-order valence-corrected chi connectivity index (χ1v) is 44.3. The molecule has 8 aromatic carbocycles. The number of carbonyl (C=O) groups is 3. The van der Waals surface area contributed by atoms with Gasteiger partial charge in [0.2, 0.25) is 35.1 Å². The van der Waals surface area contributed by atoms with E-state index in [0.717, 1.165) is 141 Å². The van der Waals surface area contributed by atoms with E-state index in [2.05, 4.69) is 123 Å². The van der Waals surface area contributed by atoms with Crippen LogP contribution in [0.1, 0.15) is 238 Å². The van der Waals surface area contributed by atoms with Crippen LogP contribution in [0.25, 0.3) is 91.4 Å². The van der Waals surface area contributed by atoms with Crippen molar-refractivity contribution in [1.29, 1.82) is 21.0 Å². The lowest BCUT2D eigenvalue weighted by molar-refractivity contribution is -0.125. The van der Waals surface area contributed by atoms with E-state index in [9.17, 15) is 35.4 Å². The van der Waals surface area contributed by atoms with Crippen LogP contribution in [0, 0.1) is 45.3 Å². The third-order valence-electron chi connectivity index (χ3n) is 22.2. The van der Waals surface area contributed by atoms with Crippen LogP contribution in [-0.2, 0) is 44.8 Å². The second kappa shape index (κ2) is 43.9. The number of amides is 2. The lowest BCUT2D eigenvalue weighted by atomic mass is 9.84. The van der Waals surface area contributed by atoms with E-state index in [1.807, 2.05) is 123 Å². The van der Waals surface area contributed by atoms with Crippen molar-refractivity contribution in [1.82, 2.24) is 61.8 Å². The van der Waals surface area contributed by atoms with Crippen molar-refractivity contribution in [3.05, 3.63) is 212 Å². The molecule has 28 nitrogen and oxygen atoms in total. The molecule has 16 rings (SSSR count). The molecule has 28 heteroatoms. The van der Waals surface area contributed by atoms with Gasteiger partial charge in [0, 0.05) is 70.1 Å². The molecule has 0 radical (unpaired) electrons. The highest BCUT2D eigenvalue weighted by molar-refractivity contribution is 5.80. The van der Waals surface area contributed by atoms with Gasteiger partial charge in [-0.05, 0) is 276 Å². The summed E-state index contributed by atoms with van der Waals surface area (Å²) < 4.78 is 50.0. The van der Waals surface area contributed by atoms with Gasteiger partial charge in [0.15, 0.2) is 0 Å². The van der Waals surface area contributed by atoms with Gasteiger partial charge in [-0.3, -0.25) is 14.4 Å². The topological polar surface area (TPSA) is 396 Å². The minimum atomic E-state index is -0.138. The Morgan fingerprint density at radius 2 is 0.698 bits per heavy atom. The van der Waals surface area contributed by atoms with E-state index in [1.54, 1.807) is 61.5 Å². The molecule has 0 bridgehead atoms. The lowest BCUT2D eigenvalue weighted by Gasteiger charge is -2.27. The Morgan fingerprint density at radius 3 is 0.977 bits per heavy atom. The van der Waals surface area contributed by atoms with Crippen molar-refractivity contribution < 1.29 is 56.2 Å². The highest BCUT2D eigenvalue weighted by Crippen LogP contribution is 2.43. The number of carbonyl (C=O) groups excluding carboxylic acids is 3. The normalized spacial score (nSPS) is 15.2. The fourth-order valence-corrected chi connectivity index (χ4v) is 16.6. The number of fused-ring (bicyclic) bond motifs is 4. The number of methoxy groups -OCH3 is 1. The molecule has 4 N–H and O–H groups in total. The van der Waals surface area contributed by atoms with Gasteiger partial charge in [-0.2, -0.15) is 41.0 Å². The molecular weight excluding hydrogens is 1630 g/mol. The number of Topliss-reactive ketones (excluding diaryl/α,β-unsaturated/α-hetero) is 1. The average molecular weight is 1740 g/mol. The second-order valence-electron chi connectivity index (χ2n) is 33.3. The van der Waals surface area contributed by atoms with Crippen LogP contribution in [0.4, 0.5) is 0 Å². The van der Waals surface area contributed by atoms with Crippen molar-refractivity contribution in [2.75, 3.05) is 26.8 Å². The second-order valence-corrected chi connectivity index (χ2v) is 33.3. The van der Waals surface area contributed by atoms with Gasteiger partial charge >= 0.3 is 0 Å². The standard InChI is InChI=1S/C26H28N4O3.C25H26N4O4.C25H26N4O3.C25H28N4O2/c1-4-7-24(31)28-22-11-6-8-19-20(22)9-5-10-21(19)25-29-26(33-30-25)17-12-13-23(32-16(2)3)18(14-17)15-27;1-15(2)32-22-11-10-16(12-17(22)13-26)25-28-24(29-33-25)20-8-4-7-19-18(20)6-5-9-21(19)27-23(30)14-31-3;1-15(2)31-23-11-10-17(12-18(23)13-26)25-28-24(29-32-25)21-8-4-7-20-19(21)6-5-9-22(20)27-14-16(3)30;1-4-13-27-22-10-6-7-19-20(22)8-5-9-21(19)24-28-25(31-29-24)17-11-12-23(30-16(2)3)18(14-17)15-26/h5,9-10,12-14,16,22H,4,6-8,11H2,1-3H3,(H,28,31);4,7-8,10-12,15,21H,5-6,9,14H2,1-3H3,(H,27,30);4,7-8,10-12,15,22,27H,5-6,9,14H2,1-3H3;5,8-9,11-12,14,16,22,27H,4,6-7,10,13H2,1-3H3/t22-;21-;2*22-/m1010/s1. The zero-order valence-electron chi connectivity index (χ0n) is 75.0. The van der Waals surface area contributed by atoms with Gasteiger partial charge in [-0.1, -0.05) is 107 Å². The Labute approximate surface area is 751 Å². The predicted molar refractivity (Wildman–Crippen MR) is 485 cm³/mol. The van der Waals surface area contributed by atoms with Crippen molar-refractivity contribution in [3.63, 3.8) is 0 Å². The van der Waals surface area contributed by atoms with Gasteiger partial charge in [0.25, 0.3) is 23.6 Å². The zero-order valence-corrected chi connectivity index (χ0v) is 75.0. The summed E-state index contributed by atoms with van der Waals surface area (Å²) in [7, 11) is 1.50. The van der Waals surface area contributed by atoms with E-state index in [1.165, 1.54) is 29.4 Å². The number of nitrogens with one attached hydrogen (secondary N) is 4. The van der Waals surface area contributed by atoms with E-state index in [0.29, 0.717) is 133 Å². The molecule has 4 aliphatic carbocycles. The fourth-order valence-electron chi connectivity index (χ4n) is 16.6. The number of rotatable bonds is 28. The number of aromatic nitrogens is 8. The fraction of sp³-hybridized carbons (Fsp3) is 0.376. The van der Waals surface area contributed by atoms with E-state index < -0.39 is 0 Å². The number of hydrogen-bond acceptors (Lipinski definition) is 26. The molecule has 0 unspecified atom stereocenters. The van der Waals surface area contributed by atoms with Crippen LogP contribution in [0.5, 0.6) is 23.0 Å². The minimum Gasteiger partial charge on any atom is -0.490 e. The molecule has 4 heterocycles. The molecule has 0 saturated carbocycles. The molecule has 2 amide bonds. The summed E-state index contributed by atoms with van der Waals surface area (Å²) in [5.74, 6) is 5.73. The first-order valence-electron chi connectivity index (χ1n) is 44.3. The molecule has 664 valence electrons. The van der Waals surface area contributed by atoms with Crippen molar-refractivity contribution in [2.45, 2.75) is 221 Å². The van der Waals surface area contributed by atoms with Gasteiger partial charge in [0.1, 0.15) is 59.7 Å². The molecule has 0 aliphatic heterocycles. The SMILES string of the molecule is CC(=O)CN[C@@H]1CCCc2c(-c3noc(-c4ccc(OC(C)C)c(C#N)c4)n3)cccc21.CCCC(=O)N[C@@H]1CCCc2c(-c3noc(-c4ccc(OC(C)C)c(C#N)c4)n3)cccc21.CCCN[C@H]1CCCc2c(-c3noc(-c4ccc(OC(C)C)c(C#N)c4)n3)cccc21.COCC(=O)N[C@H]1CCCc2c(-c3noc(-c4ccc(OC(C)C)c(C#N)c4)n3)cccc21. The molecule has 4 atom stereocenters. The first kappa shape index (κ1) is 92.6. The number of hydrogen-bond donors (Lipinski definition) is 4. The Kier molecular flexibility index (Phi) is 31.5. The molecule has 129 heavy (non-hydrogen) atoms. The van der Waals surface area contributed by atoms with Gasteiger partial charge in [-0.25, -0.2) is 0 Å². The molecule has 0 saturated heterocycles. The largest absolute Gasteiger partial charge is 0.490 e. The molecule has 4 aromatic heterocycles. The van der Waals surface area contributed by atoms with Gasteiger partial charge in [-0.15, -0.1) is 0 Å². The van der Waals surface area contributed by atoms with Gasteiger partial charge in [0.05, 0.1) is 65.3 Å². The van der Waals surface area contributed by atoms with Crippen LogP contribution in [0.15, 0.2) is 164 Å². The van der Waals surface area contributed by atoms with Crippen LogP contribution in [0.3, 0.4) is 0 Å². The molecular formula is C101H108N16O12. The molecule has 0 fully saturated rings. The number of ether oxygens (including phenoxy) is 5. The summed E-state index contributed by atoms with van der Waals surface area (Å²) in [4.78, 5) is 54.2. The Hall–Kier alpha value is -14.0. The number of nitrogens with zero attached hydrogens (tertiary/aromatic N) is 12. The zero-order chi connectivity index (χ0) is 91.2. The summed E-state index contributed by atoms with van der Waals surface area (Å²) in [5, 5.41) is 68.2. The van der Waals surface area contributed by atoms with Crippen LogP contribution >= 0.6 is 0 Å². The smallest absolute Gasteiger partial charge is 0.258 e. The first-order chi connectivity index (χ1) is 62.5. The third-order valence-corrected chi connectivity index (χ3v) is 22.2. The summed E-state index contributed by atoms with van der Waals surface area (Å²) in [6.07, 6.45) is 14.1. The number of ketones is 1. The van der Waals surface area contributed by atoms with Crippen LogP contribution in [-0.4, -0.2) is 109 Å². The van der Waals surface area contributed by atoms with Crippen LogP contribution < -0.4 is 40.2 Å². The molecule has 4 aliphatic rings. The Balaban J connectivity index is 0.000000147. The maximum atomic E-state index is 12.2. The average Bonchev–Trinajstić information content (AvgIpc) is 1.76. The number of benzene rings is 8. The lowest BCUT2D eigenvalue weighted by Crippen LogP contribution is -2.33. The number of nitriles is 4. The monoisotopic (exact) mass is 1740 g/mol. The quantitative estimate of drug-likeness (QED) is 0.0354. The Morgan fingerprint density at radius 1 is 0.403 bits per heavy atom. The third kappa shape index (κ3) is 23.1. The summed E-state index contributed by atoms with van der Waals surface area (Å²) >= 11 is 0. The van der Waals surface area contributed by atoms with Crippen molar-refractivity contribution in [2.24, 2.45) is 0 Å². The molecule has 12 aromatic rings. The molecule has 0 spiro atoms. The van der Waals surface area contributed by atoms with E-state index >= 15 is 0 Å². The Bertz CT molecular complexity index is 5940.